The second-order valence-corrected chi connectivity index (χ2v) is 14.4. The Balaban J connectivity index is 4.14. The van der Waals surface area contributed by atoms with E-state index in [0.717, 1.165) is 89.9 Å². The van der Waals surface area contributed by atoms with Crippen LogP contribution in [0.2, 0.25) is 0 Å². The summed E-state index contributed by atoms with van der Waals surface area (Å²) in [5.74, 6) is -1.02. The minimum Gasteiger partial charge on any atom is -0.462 e. The van der Waals surface area contributed by atoms with Gasteiger partial charge in [0.25, 0.3) is 0 Å². The van der Waals surface area contributed by atoms with Crippen LogP contribution in [0.5, 0.6) is 0 Å². The highest BCUT2D eigenvalue weighted by Gasteiger charge is 2.22. The molecular formula is C45H71O9P. The first-order chi connectivity index (χ1) is 26.6. The monoisotopic (exact) mass is 786 g/mol. The minimum absolute atomic E-state index is 0.109. The van der Waals surface area contributed by atoms with E-state index >= 15 is 0 Å². The summed E-state index contributed by atoms with van der Waals surface area (Å²) in [4.78, 5) is 42.8. The van der Waals surface area contributed by atoms with Crippen LogP contribution < -0.4 is 0 Å². The number of aliphatic hydroxyl groups is 1. The number of carbonyl (C=O) groups excluding carboxylic acids is 2. The number of hydrogen-bond donors (Lipinski definition) is 3. The summed E-state index contributed by atoms with van der Waals surface area (Å²) in [7, 11) is -4.79. The topological polar surface area (TPSA) is 140 Å². The van der Waals surface area contributed by atoms with Crippen LogP contribution in [-0.4, -0.2) is 52.3 Å². The Bertz CT molecular complexity index is 1260. The van der Waals surface area contributed by atoms with Crippen molar-refractivity contribution in [1.82, 2.24) is 0 Å². The molecule has 0 aliphatic heterocycles. The van der Waals surface area contributed by atoms with Crippen molar-refractivity contribution in [3.63, 3.8) is 0 Å². The van der Waals surface area contributed by atoms with Crippen LogP contribution in [0.4, 0.5) is 0 Å². The van der Waals surface area contributed by atoms with Gasteiger partial charge in [-0.25, -0.2) is 4.57 Å². The third-order valence-corrected chi connectivity index (χ3v) is 8.28. The highest BCUT2D eigenvalue weighted by atomic mass is 31.2. The number of aliphatic hydroxyl groups excluding tert-OH is 1. The van der Waals surface area contributed by atoms with Crippen LogP contribution in [0.3, 0.4) is 0 Å². The van der Waals surface area contributed by atoms with E-state index in [0.29, 0.717) is 19.3 Å². The normalized spacial score (nSPS) is 14.2. The zero-order valence-corrected chi connectivity index (χ0v) is 34.5. The van der Waals surface area contributed by atoms with Gasteiger partial charge in [-0.3, -0.25) is 14.1 Å². The molecule has 0 spiro atoms. The molecule has 0 bridgehead atoms. The molecular weight excluding hydrogens is 715 g/mol. The van der Waals surface area contributed by atoms with Crippen LogP contribution in [0.1, 0.15) is 136 Å². The molecule has 0 aromatic rings. The molecule has 0 aliphatic rings. The van der Waals surface area contributed by atoms with E-state index in [1.165, 1.54) is 0 Å². The summed E-state index contributed by atoms with van der Waals surface area (Å²) >= 11 is 0. The zero-order valence-electron chi connectivity index (χ0n) is 33.6. The van der Waals surface area contributed by atoms with Gasteiger partial charge in [-0.2, -0.15) is 0 Å². The molecule has 0 aromatic carbocycles. The van der Waals surface area contributed by atoms with Gasteiger partial charge in [0.1, 0.15) is 6.61 Å². The molecule has 9 nitrogen and oxygen atoms in total. The lowest BCUT2D eigenvalue weighted by Gasteiger charge is -2.18. The van der Waals surface area contributed by atoms with E-state index in [4.69, 9.17) is 19.3 Å². The third-order valence-electron chi connectivity index (χ3n) is 7.79. The third kappa shape index (κ3) is 43.3. The Morgan fingerprint density at radius 3 is 1.42 bits per heavy atom. The second kappa shape index (κ2) is 38.9. The fourth-order valence-electron chi connectivity index (χ4n) is 4.82. The van der Waals surface area contributed by atoms with Gasteiger partial charge >= 0.3 is 19.8 Å². The van der Waals surface area contributed by atoms with Crippen LogP contribution in [0, 0.1) is 0 Å². The number of hydrogen-bond acceptors (Lipinski definition) is 7. The predicted octanol–water partition coefficient (Wildman–Crippen LogP) is 11.4. The molecule has 2 atom stereocenters. The van der Waals surface area contributed by atoms with Crippen molar-refractivity contribution in [2.75, 3.05) is 13.2 Å². The molecule has 0 unspecified atom stereocenters. The van der Waals surface area contributed by atoms with E-state index in [2.05, 4.69) is 109 Å². The lowest BCUT2D eigenvalue weighted by Crippen LogP contribution is -2.29. The summed E-state index contributed by atoms with van der Waals surface area (Å²) in [6.45, 7) is 3.03. The molecule has 0 aromatic heterocycles. The van der Waals surface area contributed by atoms with Crippen molar-refractivity contribution in [3.05, 3.63) is 109 Å². The first-order valence-corrected chi connectivity index (χ1v) is 21.7. The molecule has 0 radical (unpaired) electrons. The van der Waals surface area contributed by atoms with Gasteiger partial charge in [0.2, 0.25) is 0 Å². The number of ether oxygens (including phenoxy) is 2. The Kier molecular flexibility index (Phi) is 36.6. The molecule has 0 saturated heterocycles. The van der Waals surface area contributed by atoms with E-state index in [1.54, 1.807) is 0 Å². The molecule has 0 rings (SSSR count). The van der Waals surface area contributed by atoms with Gasteiger partial charge in [-0.05, 0) is 110 Å². The number of allylic oxidation sites excluding steroid dienone is 18. The molecule has 0 saturated carbocycles. The lowest BCUT2D eigenvalue weighted by atomic mass is 10.1. The van der Waals surface area contributed by atoms with Gasteiger partial charge in [0.05, 0.1) is 12.7 Å². The second-order valence-electron chi connectivity index (χ2n) is 13.2. The number of carbonyl (C=O) groups is 2. The highest BCUT2D eigenvalue weighted by Crippen LogP contribution is 2.36. The minimum atomic E-state index is -4.79. The summed E-state index contributed by atoms with van der Waals surface area (Å²) in [6, 6.07) is 0. The number of esters is 2. The lowest BCUT2D eigenvalue weighted by molar-refractivity contribution is -0.161. The van der Waals surface area contributed by atoms with Gasteiger partial charge < -0.3 is 24.4 Å². The average Bonchev–Trinajstić information content (AvgIpc) is 3.14. The number of phosphoric acid groups is 1. The molecule has 10 heteroatoms. The molecule has 0 amide bonds. The fraction of sp³-hybridized carbons (Fsp3) is 0.556. The smallest absolute Gasteiger partial charge is 0.462 e. The van der Waals surface area contributed by atoms with Crippen molar-refractivity contribution in [3.8, 4) is 0 Å². The van der Waals surface area contributed by atoms with Crippen molar-refractivity contribution in [1.29, 1.82) is 0 Å². The molecule has 310 valence electrons. The fourth-order valence-corrected chi connectivity index (χ4v) is 5.18. The summed E-state index contributed by atoms with van der Waals surface area (Å²) in [5.41, 5.74) is 0. The first-order valence-electron chi connectivity index (χ1n) is 20.2. The van der Waals surface area contributed by atoms with E-state index in [-0.39, 0.29) is 25.6 Å². The zero-order chi connectivity index (χ0) is 40.5. The maximum atomic E-state index is 12.4. The number of phosphoric ester groups is 1. The van der Waals surface area contributed by atoms with Gasteiger partial charge in [-0.1, -0.05) is 123 Å². The van der Waals surface area contributed by atoms with E-state index in [1.807, 2.05) is 19.1 Å². The maximum absolute atomic E-state index is 12.4. The molecule has 0 aliphatic carbocycles. The van der Waals surface area contributed by atoms with Crippen molar-refractivity contribution >= 4 is 19.8 Å². The molecule has 55 heavy (non-hydrogen) atoms. The van der Waals surface area contributed by atoms with E-state index < -0.39 is 32.5 Å². The van der Waals surface area contributed by atoms with E-state index in [9.17, 15) is 19.3 Å². The first kappa shape index (κ1) is 51.7. The average molecular weight is 787 g/mol. The van der Waals surface area contributed by atoms with Crippen molar-refractivity contribution < 1.29 is 43.0 Å². The standard InChI is InChI=1S/C45H71O9P/c1-3-4-5-6-7-8-9-10-11-12-13-14-17-20-23-26-29-32-35-38-44(47)52-40-43(41-53-55(49,50)51)54-45(48)39-36-33-30-27-24-21-18-15-16-19-22-25-28-31-34-37-42(2)46/h4-5,7-8,10-11,13-14,16,18-21,23,25,27-28,30,42-43,46H,3,6,9,12,15,17,22,24,26,29,31-41H2,1-2H3,(H2,49,50,51)/b5-4-,8-7-,11-10-,14-13-,19-16-,21-18-,23-20-,28-25-,30-27-/t42-,43+/m0/s1. The summed E-state index contributed by atoms with van der Waals surface area (Å²) < 4.78 is 26.3. The Hall–Kier alpha value is -3.33. The van der Waals surface area contributed by atoms with Crippen LogP contribution in [-0.2, 0) is 28.2 Å². The maximum Gasteiger partial charge on any atom is 0.469 e. The van der Waals surface area contributed by atoms with Crippen molar-refractivity contribution in [2.24, 2.45) is 0 Å². The Morgan fingerprint density at radius 1 is 0.545 bits per heavy atom. The van der Waals surface area contributed by atoms with Crippen LogP contribution >= 0.6 is 7.82 Å². The predicted molar refractivity (Wildman–Crippen MR) is 226 cm³/mol. The Labute approximate surface area is 332 Å². The van der Waals surface area contributed by atoms with Gasteiger partial charge in [0, 0.05) is 12.8 Å². The molecule has 0 fully saturated rings. The van der Waals surface area contributed by atoms with Crippen LogP contribution in [0.25, 0.3) is 0 Å². The SMILES string of the molecule is CC/C=C\C/C=C\C/C=C\C/C=C\C/C=C\CCCCCC(=O)OC[C@H](COP(=O)(O)O)OC(=O)CCC/C=C\C/C=C\C/C=C\C/C=C\CCC[C@H](C)O. The Morgan fingerprint density at radius 2 is 0.964 bits per heavy atom. The number of unbranched alkanes of at least 4 members (excludes halogenated alkanes) is 5. The quantitative estimate of drug-likeness (QED) is 0.0248. The summed E-state index contributed by atoms with van der Waals surface area (Å²) in [5, 5.41) is 9.25. The highest BCUT2D eigenvalue weighted by molar-refractivity contribution is 7.46. The van der Waals surface area contributed by atoms with Crippen LogP contribution in [0.15, 0.2) is 109 Å². The number of rotatable bonds is 35. The van der Waals surface area contributed by atoms with Gasteiger partial charge in [0.15, 0.2) is 6.10 Å². The molecule has 3 N–H and O–H groups in total. The molecule has 0 heterocycles. The summed E-state index contributed by atoms with van der Waals surface area (Å²) in [6.07, 6.45) is 52.3. The van der Waals surface area contributed by atoms with Gasteiger partial charge in [-0.15, -0.1) is 0 Å². The largest absolute Gasteiger partial charge is 0.469 e. The van der Waals surface area contributed by atoms with Crippen molar-refractivity contribution in [2.45, 2.75) is 148 Å².